The van der Waals surface area contributed by atoms with Crippen molar-refractivity contribution in [3.8, 4) is 0 Å². The van der Waals surface area contributed by atoms with E-state index in [9.17, 15) is 4.79 Å². The summed E-state index contributed by atoms with van der Waals surface area (Å²) in [7, 11) is 0. The lowest BCUT2D eigenvalue weighted by atomic mass is 10.2. The van der Waals surface area contributed by atoms with E-state index < -0.39 is 0 Å². The van der Waals surface area contributed by atoms with Crippen LogP contribution in [0.1, 0.15) is 25.6 Å². The zero-order valence-corrected chi connectivity index (χ0v) is 9.27. The van der Waals surface area contributed by atoms with Gasteiger partial charge in [0.15, 0.2) is 0 Å². The minimum atomic E-state index is -0.205. The lowest BCUT2D eigenvalue weighted by molar-refractivity contribution is 0.0907. The molecule has 0 aliphatic carbocycles. The Balaban J connectivity index is 3.16. The SMILES string of the molecule is C=CC(OCC)c1cccc(=O)n1CC. The van der Waals surface area contributed by atoms with Gasteiger partial charge in [-0.05, 0) is 19.9 Å². The normalized spacial score (nSPS) is 12.4. The van der Waals surface area contributed by atoms with Crippen molar-refractivity contribution in [2.45, 2.75) is 26.5 Å². The van der Waals surface area contributed by atoms with E-state index in [-0.39, 0.29) is 11.7 Å². The van der Waals surface area contributed by atoms with Crippen LogP contribution in [0.5, 0.6) is 0 Å². The molecule has 0 saturated carbocycles. The highest BCUT2D eigenvalue weighted by atomic mass is 16.5. The van der Waals surface area contributed by atoms with Gasteiger partial charge in [0.25, 0.3) is 5.56 Å². The number of aromatic nitrogens is 1. The largest absolute Gasteiger partial charge is 0.368 e. The van der Waals surface area contributed by atoms with Crippen LogP contribution >= 0.6 is 0 Å². The summed E-state index contributed by atoms with van der Waals surface area (Å²) < 4.78 is 7.19. The summed E-state index contributed by atoms with van der Waals surface area (Å²) >= 11 is 0. The van der Waals surface area contributed by atoms with Crippen molar-refractivity contribution in [1.29, 1.82) is 0 Å². The first-order chi connectivity index (χ1) is 7.24. The van der Waals surface area contributed by atoms with Gasteiger partial charge in [-0.3, -0.25) is 4.79 Å². The number of ether oxygens (including phenoxy) is 1. The first kappa shape index (κ1) is 11.7. The summed E-state index contributed by atoms with van der Waals surface area (Å²) in [6.07, 6.45) is 1.51. The zero-order chi connectivity index (χ0) is 11.3. The van der Waals surface area contributed by atoms with E-state index in [1.807, 2.05) is 19.9 Å². The van der Waals surface area contributed by atoms with Gasteiger partial charge < -0.3 is 9.30 Å². The summed E-state index contributed by atoms with van der Waals surface area (Å²) in [5, 5.41) is 0. The summed E-state index contributed by atoms with van der Waals surface area (Å²) in [6, 6.07) is 5.20. The van der Waals surface area contributed by atoms with Gasteiger partial charge in [0, 0.05) is 19.2 Å². The molecule has 3 nitrogen and oxygen atoms in total. The molecule has 1 aromatic heterocycles. The number of nitrogens with zero attached hydrogens (tertiary/aromatic N) is 1. The molecule has 0 aliphatic heterocycles. The van der Waals surface area contributed by atoms with Crippen LogP contribution in [0.15, 0.2) is 35.6 Å². The molecular weight excluding hydrogens is 190 g/mol. The average Bonchev–Trinajstić information content (AvgIpc) is 2.25. The molecule has 1 heterocycles. The third-order valence-corrected chi connectivity index (χ3v) is 2.25. The highest BCUT2D eigenvalue weighted by Gasteiger charge is 2.11. The third-order valence-electron chi connectivity index (χ3n) is 2.25. The van der Waals surface area contributed by atoms with Crippen LogP contribution in [0, 0.1) is 0 Å². The van der Waals surface area contributed by atoms with Crippen LogP contribution in [-0.2, 0) is 11.3 Å². The minimum Gasteiger partial charge on any atom is -0.368 e. The molecule has 1 aromatic rings. The molecule has 82 valence electrons. The molecule has 0 amide bonds. The molecule has 0 aliphatic rings. The Morgan fingerprint density at radius 3 is 2.80 bits per heavy atom. The van der Waals surface area contributed by atoms with E-state index in [1.54, 1.807) is 22.8 Å². The second-order valence-corrected chi connectivity index (χ2v) is 3.14. The molecule has 1 unspecified atom stereocenters. The molecule has 0 saturated heterocycles. The summed E-state index contributed by atoms with van der Waals surface area (Å²) in [6.45, 7) is 8.83. The van der Waals surface area contributed by atoms with Crippen LogP contribution in [0.4, 0.5) is 0 Å². The Kier molecular flexibility index (Phi) is 4.31. The Bertz CT molecular complexity index is 381. The maximum atomic E-state index is 11.6. The third kappa shape index (κ3) is 2.57. The standard InChI is InChI=1S/C12H17NO2/c1-4-11(15-6-3)10-8-7-9-12(14)13(10)5-2/h4,7-9,11H,1,5-6H2,2-3H3. The molecule has 15 heavy (non-hydrogen) atoms. The summed E-state index contributed by atoms with van der Waals surface area (Å²) in [5.41, 5.74) is 0.864. The first-order valence-electron chi connectivity index (χ1n) is 5.18. The van der Waals surface area contributed by atoms with Gasteiger partial charge in [-0.2, -0.15) is 0 Å². The lowest BCUT2D eigenvalue weighted by Crippen LogP contribution is -2.23. The van der Waals surface area contributed by atoms with E-state index in [2.05, 4.69) is 6.58 Å². The Morgan fingerprint density at radius 1 is 1.53 bits per heavy atom. The van der Waals surface area contributed by atoms with Crippen molar-refractivity contribution in [2.24, 2.45) is 0 Å². The van der Waals surface area contributed by atoms with E-state index in [4.69, 9.17) is 4.74 Å². The van der Waals surface area contributed by atoms with E-state index >= 15 is 0 Å². The van der Waals surface area contributed by atoms with Crippen molar-refractivity contribution in [1.82, 2.24) is 4.57 Å². The number of hydrogen-bond acceptors (Lipinski definition) is 2. The minimum absolute atomic E-state index is 0.00144. The fraction of sp³-hybridized carbons (Fsp3) is 0.417. The maximum absolute atomic E-state index is 11.6. The van der Waals surface area contributed by atoms with Crippen molar-refractivity contribution < 1.29 is 4.74 Å². The highest BCUT2D eigenvalue weighted by molar-refractivity contribution is 5.13. The van der Waals surface area contributed by atoms with E-state index in [0.717, 1.165) is 5.69 Å². The van der Waals surface area contributed by atoms with Crippen LogP contribution in [0.2, 0.25) is 0 Å². The molecule has 1 rings (SSSR count). The number of rotatable bonds is 5. The average molecular weight is 207 g/mol. The van der Waals surface area contributed by atoms with Gasteiger partial charge in [-0.15, -0.1) is 6.58 Å². The zero-order valence-electron chi connectivity index (χ0n) is 9.27. The fourth-order valence-corrected chi connectivity index (χ4v) is 1.58. The monoisotopic (exact) mass is 207 g/mol. The molecule has 0 spiro atoms. The smallest absolute Gasteiger partial charge is 0.250 e. The quantitative estimate of drug-likeness (QED) is 0.693. The van der Waals surface area contributed by atoms with Gasteiger partial charge in [0.2, 0.25) is 0 Å². The van der Waals surface area contributed by atoms with Crippen molar-refractivity contribution in [3.63, 3.8) is 0 Å². The van der Waals surface area contributed by atoms with Crippen LogP contribution in [0.25, 0.3) is 0 Å². The Labute approximate surface area is 90.0 Å². The van der Waals surface area contributed by atoms with Gasteiger partial charge >= 0.3 is 0 Å². The lowest BCUT2D eigenvalue weighted by Gasteiger charge is -2.17. The predicted octanol–water partition coefficient (Wildman–Crippen LogP) is 2.13. The molecule has 0 N–H and O–H groups in total. The van der Waals surface area contributed by atoms with Crippen LogP contribution < -0.4 is 5.56 Å². The molecule has 3 heteroatoms. The predicted molar refractivity (Wildman–Crippen MR) is 60.9 cm³/mol. The molecular formula is C12H17NO2. The molecule has 0 bridgehead atoms. The van der Waals surface area contributed by atoms with Crippen molar-refractivity contribution in [2.75, 3.05) is 6.61 Å². The second kappa shape index (κ2) is 5.51. The Hall–Kier alpha value is -1.35. The molecule has 0 fully saturated rings. The number of hydrogen-bond donors (Lipinski definition) is 0. The topological polar surface area (TPSA) is 31.2 Å². The highest BCUT2D eigenvalue weighted by Crippen LogP contribution is 2.16. The molecule has 0 radical (unpaired) electrons. The van der Waals surface area contributed by atoms with Gasteiger partial charge in [-0.25, -0.2) is 0 Å². The number of pyridine rings is 1. The molecule has 0 aromatic carbocycles. The summed E-state index contributed by atoms with van der Waals surface area (Å²) in [4.78, 5) is 11.6. The molecule has 1 atom stereocenters. The first-order valence-corrected chi connectivity index (χ1v) is 5.18. The Morgan fingerprint density at radius 2 is 2.27 bits per heavy atom. The van der Waals surface area contributed by atoms with E-state index in [0.29, 0.717) is 13.2 Å². The van der Waals surface area contributed by atoms with Gasteiger partial charge in [0.05, 0.1) is 5.69 Å². The maximum Gasteiger partial charge on any atom is 0.250 e. The fourth-order valence-electron chi connectivity index (χ4n) is 1.58. The van der Waals surface area contributed by atoms with Crippen LogP contribution in [-0.4, -0.2) is 11.2 Å². The second-order valence-electron chi connectivity index (χ2n) is 3.14. The van der Waals surface area contributed by atoms with Gasteiger partial charge in [-0.1, -0.05) is 12.1 Å². The van der Waals surface area contributed by atoms with Gasteiger partial charge in [0.1, 0.15) is 6.10 Å². The van der Waals surface area contributed by atoms with Crippen molar-refractivity contribution >= 4 is 0 Å². The summed E-state index contributed by atoms with van der Waals surface area (Å²) in [5.74, 6) is 0. The van der Waals surface area contributed by atoms with Crippen molar-refractivity contribution in [3.05, 3.63) is 46.9 Å². The van der Waals surface area contributed by atoms with E-state index in [1.165, 1.54) is 0 Å². The van der Waals surface area contributed by atoms with Crippen LogP contribution in [0.3, 0.4) is 0 Å².